The van der Waals surface area contributed by atoms with E-state index in [0.717, 1.165) is 23.2 Å². The molecule has 0 aliphatic heterocycles. The molecular weight excluding hydrogens is 256 g/mol. The zero-order valence-corrected chi connectivity index (χ0v) is 11.4. The minimum absolute atomic E-state index is 0.203. The predicted octanol–water partition coefficient (Wildman–Crippen LogP) is 0.843. The van der Waals surface area contributed by atoms with Crippen molar-refractivity contribution in [3.05, 3.63) is 23.8 Å². The van der Waals surface area contributed by atoms with Crippen molar-refractivity contribution in [2.45, 2.75) is 19.9 Å². The summed E-state index contributed by atoms with van der Waals surface area (Å²) in [6.45, 7) is 2.71. The molecule has 0 radical (unpaired) electrons. The first-order valence-electron chi connectivity index (χ1n) is 6.39. The lowest BCUT2D eigenvalue weighted by Crippen LogP contribution is -2.06. The Bertz CT molecular complexity index is 741. The summed E-state index contributed by atoms with van der Waals surface area (Å²) in [7, 11) is 1.92. The van der Waals surface area contributed by atoms with E-state index in [9.17, 15) is 0 Å². The van der Waals surface area contributed by atoms with E-state index in [4.69, 9.17) is 5.73 Å². The zero-order valence-electron chi connectivity index (χ0n) is 11.4. The van der Waals surface area contributed by atoms with Gasteiger partial charge in [0, 0.05) is 25.4 Å². The molecule has 0 fully saturated rings. The third kappa shape index (κ3) is 2.15. The maximum atomic E-state index is 5.68. The van der Waals surface area contributed by atoms with Gasteiger partial charge in [0.25, 0.3) is 0 Å². The van der Waals surface area contributed by atoms with E-state index in [1.165, 1.54) is 0 Å². The van der Waals surface area contributed by atoms with Gasteiger partial charge in [-0.25, -0.2) is 4.98 Å². The van der Waals surface area contributed by atoms with Crippen LogP contribution in [0.5, 0.6) is 0 Å². The molecule has 0 amide bonds. The third-order valence-corrected chi connectivity index (χ3v) is 3.08. The quantitative estimate of drug-likeness (QED) is 0.649. The van der Waals surface area contributed by atoms with Gasteiger partial charge < -0.3 is 16.0 Å². The van der Waals surface area contributed by atoms with Crippen LogP contribution in [0.25, 0.3) is 11.2 Å². The second-order valence-electron chi connectivity index (χ2n) is 4.51. The molecule has 3 heterocycles. The number of imidazole rings is 1. The first kappa shape index (κ1) is 12.4. The summed E-state index contributed by atoms with van der Waals surface area (Å²) in [4.78, 5) is 15.4. The maximum absolute atomic E-state index is 5.68. The highest BCUT2D eigenvalue weighted by Gasteiger charge is 2.10. The molecule has 4 N–H and O–H groups in total. The zero-order chi connectivity index (χ0) is 14.1. The number of nitrogens with two attached hydrogens (primary N) is 1. The van der Waals surface area contributed by atoms with E-state index in [0.29, 0.717) is 18.0 Å². The van der Waals surface area contributed by atoms with E-state index in [1.807, 2.05) is 17.9 Å². The smallest absolute Gasteiger partial charge is 0.224 e. The molecule has 8 nitrogen and oxygen atoms in total. The number of anilines is 2. The molecule has 20 heavy (non-hydrogen) atoms. The van der Waals surface area contributed by atoms with Gasteiger partial charge in [-0.2, -0.15) is 15.1 Å². The topological polar surface area (TPSA) is 110 Å². The second kappa shape index (κ2) is 4.80. The number of nitrogens with zero attached hydrogens (tertiary/aromatic N) is 5. The minimum Gasteiger partial charge on any atom is -0.368 e. The van der Waals surface area contributed by atoms with Crippen LogP contribution in [0.2, 0.25) is 0 Å². The van der Waals surface area contributed by atoms with Crippen molar-refractivity contribution in [2.24, 2.45) is 7.05 Å². The predicted molar refractivity (Wildman–Crippen MR) is 76.0 cm³/mol. The fraction of sp³-hybridized carbons (Fsp3) is 0.333. The molecule has 0 unspecified atom stereocenters. The Morgan fingerprint density at radius 3 is 3.05 bits per heavy atom. The SMILES string of the molecule is CCc1nn(C)cc1CNc1nc(N)nc2nc[nH]c12. The van der Waals surface area contributed by atoms with Crippen molar-refractivity contribution < 1.29 is 0 Å². The van der Waals surface area contributed by atoms with Gasteiger partial charge in [-0.15, -0.1) is 0 Å². The summed E-state index contributed by atoms with van der Waals surface area (Å²) in [6, 6.07) is 0. The van der Waals surface area contributed by atoms with Gasteiger partial charge in [-0.05, 0) is 6.42 Å². The molecule has 3 rings (SSSR count). The number of hydrogen-bond acceptors (Lipinski definition) is 6. The summed E-state index contributed by atoms with van der Waals surface area (Å²) in [5.41, 5.74) is 9.20. The fourth-order valence-electron chi connectivity index (χ4n) is 2.19. The Morgan fingerprint density at radius 2 is 2.25 bits per heavy atom. The van der Waals surface area contributed by atoms with Gasteiger partial charge in [0.05, 0.1) is 12.0 Å². The van der Waals surface area contributed by atoms with Crippen molar-refractivity contribution in [1.29, 1.82) is 0 Å². The summed E-state index contributed by atoms with van der Waals surface area (Å²) in [5, 5.41) is 7.67. The van der Waals surface area contributed by atoms with E-state index in [-0.39, 0.29) is 5.95 Å². The first-order chi connectivity index (χ1) is 9.67. The normalized spacial score (nSPS) is 11.1. The Kier molecular flexibility index (Phi) is 2.97. The molecule has 3 aromatic rings. The van der Waals surface area contributed by atoms with Gasteiger partial charge in [0.1, 0.15) is 5.52 Å². The maximum Gasteiger partial charge on any atom is 0.224 e. The van der Waals surface area contributed by atoms with Crippen LogP contribution in [0.4, 0.5) is 11.8 Å². The highest BCUT2D eigenvalue weighted by atomic mass is 15.3. The number of H-pyrrole nitrogens is 1. The van der Waals surface area contributed by atoms with Crippen LogP contribution in [0.3, 0.4) is 0 Å². The van der Waals surface area contributed by atoms with Gasteiger partial charge in [-0.3, -0.25) is 4.68 Å². The van der Waals surface area contributed by atoms with Crippen LogP contribution in [0.15, 0.2) is 12.5 Å². The minimum atomic E-state index is 0.203. The summed E-state index contributed by atoms with van der Waals surface area (Å²) >= 11 is 0. The molecule has 8 heteroatoms. The van der Waals surface area contributed by atoms with Crippen LogP contribution >= 0.6 is 0 Å². The number of hydrogen-bond donors (Lipinski definition) is 3. The lowest BCUT2D eigenvalue weighted by Gasteiger charge is -2.06. The Labute approximate surface area is 115 Å². The number of aromatic amines is 1. The Balaban J connectivity index is 1.88. The van der Waals surface area contributed by atoms with Gasteiger partial charge in [0.2, 0.25) is 5.95 Å². The molecule has 0 aromatic carbocycles. The number of fused-ring (bicyclic) bond motifs is 1. The van der Waals surface area contributed by atoms with Crippen molar-refractivity contribution in [1.82, 2.24) is 29.7 Å². The molecule has 0 atom stereocenters. The van der Waals surface area contributed by atoms with E-state index >= 15 is 0 Å². The van der Waals surface area contributed by atoms with Crippen LogP contribution in [0, 0.1) is 0 Å². The molecule has 0 aliphatic rings. The van der Waals surface area contributed by atoms with Crippen LogP contribution in [0.1, 0.15) is 18.2 Å². The highest BCUT2D eigenvalue weighted by Crippen LogP contribution is 2.18. The summed E-state index contributed by atoms with van der Waals surface area (Å²) < 4.78 is 1.82. The molecule has 3 aromatic heterocycles. The van der Waals surface area contributed by atoms with Crippen molar-refractivity contribution in [3.63, 3.8) is 0 Å². The Hall–Kier alpha value is -2.64. The standard InChI is InChI=1S/C12H16N8/c1-3-8-7(5-20(2)19-8)4-14-10-9-11(16-6-15-9)18-12(13)17-10/h5-6H,3-4H2,1-2H3,(H4,13,14,15,16,17,18). The number of aryl methyl sites for hydroxylation is 2. The molecule has 0 aliphatic carbocycles. The summed E-state index contributed by atoms with van der Waals surface area (Å²) in [6.07, 6.45) is 4.47. The number of aromatic nitrogens is 6. The lowest BCUT2D eigenvalue weighted by molar-refractivity contribution is 0.746. The van der Waals surface area contributed by atoms with Gasteiger partial charge in [-0.1, -0.05) is 6.92 Å². The highest BCUT2D eigenvalue weighted by molar-refractivity contribution is 5.83. The average molecular weight is 272 g/mol. The number of nitrogen functional groups attached to an aromatic ring is 1. The van der Waals surface area contributed by atoms with E-state index in [2.05, 4.69) is 37.3 Å². The Morgan fingerprint density at radius 1 is 1.40 bits per heavy atom. The lowest BCUT2D eigenvalue weighted by atomic mass is 10.2. The van der Waals surface area contributed by atoms with E-state index in [1.54, 1.807) is 6.33 Å². The van der Waals surface area contributed by atoms with E-state index < -0.39 is 0 Å². The van der Waals surface area contributed by atoms with Crippen molar-refractivity contribution in [2.75, 3.05) is 11.1 Å². The van der Waals surface area contributed by atoms with Gasteiger partial charge >= 0.3 is 0 Å². The average Bonchev–Trinajstić information content (AvgIpc) is 3.01. The molecule has 0 spiro atoms. The van der Waals surface area contributed by atoms with Crippen LogP contribution in [-0.4, -0.2) is 29.7 Å². The van der Waals surface area contributed by atoms with Crippen molar-refractivity contribution >= 4 is 22.9 Å². The number of rotatable bonds is 4. The second-order valence-corrected chi connectivity index (χ2v) is 4.51. The largest absolute Gasteiger partial charge is 0.368 e. The number of nitrogens with one attached hydrogen (secondary N) is 2. The third-order valence-electron chi connectivity index (χ3n) is 3.08. The molecule has 0 bridgehead atoms. The van der Waals surface area contributed by atoms with Crippen LogP contribution < -0.4 is 11.1 Å². The summed E-state index contributed by atoms with van der Waals surface area (Å²) in [5.74, 6) is 0.852. The molecule has 0 saturated heterocycles. The molecule has 104 valence electrons. The molecular formula is C12H16N8. The van der Waals surface area contributed by atoms with Crippen molar-refractivity contribution in [3.8, 4) is 0 Å². The van der Waals surface area contributed by atoms with Gasteiger partial charge in [0.15, 0.2) is 11.5 Å². The van der Waals surface area contributed by atoms with Crippen LogP contribution in [-0.2, 0) is 20.0 Å². The fourth-order valence-corrected chi connectivity index (χ4v) is 2.19. The molecule has 0 saturated carbocycles. The first-order valence-corrected chi connectivity index (χ1v) is 6.39. The monoisotopic (exact) mass is 272 g/mol.